The summed E-state index contributed by atoms with van der Waals surface area (Å²) in [4.78, 5) is 0. The molecule has 0 rings (SSSR count). The summed E-state index contributed by atoms with van der Waals surface area (Å²) in [5.41, 5.74) is -0.0718. The molecule has 0 saturated heterocycles. The van der Waals surface area contributed by atoms with Crippen molar-refractivity contribution in [3.8, 4) is 6.07 Å². The van der Waals surface area contributed by atoms with Gasteiger partial charge in [0, 0.05) is 14.2 Å². The molecule has 1 atom stereocenters. The Bertz CT molecular complexity index is 151. The highest BCUT2D eigenvalue weighted by atomic mass is 28.4. The second-order valence-electron chi connectivity index (χ2n) is 2.51. The predicted octanol–water partition coefficient (Wildman–Crippen LogP) is 1.65. The van der Waals surface area contributed by atoms with Gasteiger partial charge < -0.3 is 8.85 Å². The molecule has 0 aromatic carbocycles. The van der Waals surface area contributed by atoms with Gasteiger partial charge in [0.25, 0.3) is 0 Å². The quantitative estimate of drug-likeness (QED) is 0.607. The topological polar surface area (TPSA) is 42.2 Å². The Morgan fingerprint density at radius 3 is 2.00 bits per heavy atom. The number of rotatable bonds is 4. The van der Waals surface area contributed by atoms with Gasteiger partial charge in [-0.3, -0.25) is 0 Å². The van der Waals surface area contributed by atoms with E-state index in [1.165, 1.54) is 0 Å². The van der Waals surface area contributed by atoms with Crippen molar-refractivity contribution in [1.82, 2.24) is 0 Å². The van der Waals surface area contributed by atoms with Gasteiger partial charge in [0.15, 0.2) is 0 Å². The van der Waals surface area contributed by atoms with Crippen molar-refractivity contribution in [3.63, 3.8) is 0 Å². The lowest BCUT2D eigenvalue weighted by Gasteiger charge is -2.26. The van der Waals surface area contributed by atoms with E-state index < -0.39 is 8.56 Å². The normalized spacial score (nSPS) is 14.1. The summed E-state index contributed by atoms with van der Waals surface area (Å²) in [6, 6.07) is 2.21. The predicted molar refractivity (Wildman–Crippen MR) is 45.3 cm³/mol. The third-order valence-corrected chi connectivity index (χ3v) is 5.43. The van der Waals surface area contributed by atoms with Crippen molar-refractivity contribution < 1.29 is 8.85 Å². The summed E-state index contributed by atoms with van der Waals surface area (Å²) < 4.78 is 10.5. The average Bonchev–Trinajstić information content (AvgIpc) is 2.06. The molecule has 64 valence electrons. The summed E-state index contributed by atoms with van der Waals surface area (Å²) in [6.45, 7) is 3.88. The van der Waals surface area contributed by atoms with E-state index in [2.05, 4.69) is 6.07 Å². The maximum atomic E-state index is 8.75. The fourth-order valence-electron chi connectivity index (χ4n) is 0.947. The Kier molecular flexibility index (Phi) is 4.34. The Morgan fingerprint density at radius 1 is 1.45 bits per heavy atom. The molecule has 0 aromatic rings. The number of hydrogen-bond donors (Lipinski definition) is 0. The van der Waals surface area contributed by atoms with Gasteiger partial charge in [-0.05, 0) is 13.0 Å². The molecular weight excluding hydrogens is 158 g/mol. The minimum atomic E-state index is -2.19. The monoisotopic (exact) mass is 173 g/mol. The molecule has 0 radical (unpaired) electrons. The summed E-state index contributed by atoms with van der Waals surface area (Å²) in [5.74, 6) is 0. The van der Waals surface area contributed by atoms with Gasteiger partial charge >= 0.3 is 8.56 Å². The average molecular weight is 173 g/mol. The lowest BCUT2D eigenvalue weighted by Crippen LogP contribution is -2.40. The molecule has 0 aliphatic rings. The molecule has 0 spiro atoms. The van der Waals surface area contributed by atoms with Gasteiger partial charge in [-0.1, -0.05) is 6.92 Å². The highest BCUT2D eigenvalue weighted by Crippen LogP contribution is 2.25. The minimum absolute atomic E-state index is 0.0718. The van der Waals surface area contributed by atoms with Crippen molar-refractivity contribution >= 4 is 8.56 Å². The van der Waals surface area contributed by atoms with Crippen LogP contribution in [0, 0.1) is 11.3 Å². The molecule has 0 aromatic heterocycles. The zero-order chi connectivity index (χ0) is 8.91. The van der Waals surface area contributed by atoms with E-state index in [0.29, 0.717) is 0 Å². The van der Waals surface area contributed by atoms with Gasteiger partial charge in [-0.15, -0.1) is 0 Å². The van der Waals surface area contributed by atoms with E-state index in [1.807, 2.05) is 13.5 Å². The first-order valence-corrected chi connectivity index (χ1v) is 6.03. The molecule has 4 heteroatoms. The maximum Gasteiger partial charge on any atom is 0.352 e. The van der Waals surface area contributed by atoms with Gasteiger partial charge in [-0.25, -0.2) is 0 Å². The molecular formula is C7H15NO2Si. The zero-order valence-electron chi connectivity index (χ0n) is 7.55. The van der Waals surface area contributed by atoms with E-state index >= 15 is 0 Å². The molecule has 0 saturated carbocycles. The van der Waals surface area contributed by atoms with Crippen molar-refractivity contribution in [2.75, 3.05) is 14.2 Å². The van der Waals surface area contributed by atoms with Crippen LogP contribution in [0.15, 0.2) is 0 Å². The standard InChI is InChI=1S/C7H15NO2Si/c1-5-7(6-8)11(4,9-2)10-3/h7H,5H2,1-4H3. The van der Waals surface area contributed by atoms with Crippen LogP contribution in [-0.4, -0.2) is 22.8 Å². The molecule has 0 fully saturated rings. The number of nitriles is 1. The second kappa shape index (κ2) is 4.49. The second-order valence-corrected chi connectivity index (χ2v) is 6.06. The van der Waals surface area contributed by atoms with E-state index in [1.54, 1.807) is 14.2 Å². The first-order valence-electron chi connectivity index (χ1n) is 3.64. The van der Waals surface area contributed by atoms with E-state index in [4.69, 9.17) is 14.1 Å². The molecule has 0 aliphatic heterocycles. The van der Waals surface area contributed by atoms with Crippen LogP contribution in [0.3, 0.4) is 0 Å². The fraction of sp³-hybridized carbons (Fsp3) is 0.857. The van der Waals surface area contributed by atoms with Gasteiger partial charge in [-0.2, -0.15) is 5.26 Å². The van der Waals surface area contributed by atoms with Crippen molar-refractivity contribution in [2.24, 2.45) is 0 Å². The summed E-state index contributed by atoms with van der Waals surface area (Å²) in [5, 5.41) is 8.75. The van der Waals surface area contributed by atoms with Gasteiger partial charge in [0.05, 0.1) is 11.6 Å². The molecule has 0 aliphatic carbocycles. The van der Waals surface area contributed by atoms with Crippen molar-refractivity contribution in [2.45, 2.75) is 25.4 Å². The van der Waals surface area contributed by atoms with Crippen LogP contribution in [0.2, 0.25) is 12.1 Å². The molecule has 0 bridgehead atoms. The van der Waals surface area contributed by atoms with Crippen LogP contribution in [0.25, 0.3) is 0 Å². The summed E-state index contributed by atoms with van der Waals surface area (Å²) >= 11 is 0. The first-order chi connectivity index (χ1) is 5.14. The molecule has 3 nitrogen and oxygen atoms in total. The fourth-order valence-corrected chi connectivity index (χ4v) is 2.66. The van der Waals surface area contributed by atoms with Crippen LogP contribution >= 0.6 is 0 Å². The Hall–Kier alpha value is -0.373. The first kappa shape index (κ1) is 10.6. The Balaban J connectivity index is 4.35. The zero-order valence-corrected chi connectivity index (χ0v) is 8.55. The van der Waals surface area contributed by atoms with E-state index in [9.17, 15) is 0 Å². The molecule has 1 unspecified atom stereocenters. The summed E-state index contributed by atoms with van der Waals surface area (Å²) in [6.07, 6.45) is 0.793. The van der Waals surface area contributed by atoms with Crippen LogP contribution in [0.1, 0.15) is 13.3 Å². The third-order valence-electron chi connectivity index (χ3n) is 2.01. The largest absolute Gasteiger partial charge is 0.397 e. The molecule has 0 heterocycles. The van der Waals surface area contributed by atoms with E-state index in [-0.39, 0.29) is 5.54 Å². The SMILES string of the molecule is CCC(C#N)[Si](C)(OC)OC. The molecule has 11 heavy (non-hydrogen) atoms. The minimum Gasteiger partial charge on any atom is -0.397 e. The lowest BCUT2D eigenvalue weighted by molar-refractivity contribution is 0.242. The summed E-state index contributed by atoms with van der Waals surface area (Å²) in [7, 11) is 1.03. The van der Waals surface area contributed by atoms with E-state index in [0.717, 1.165) is 6.42 Å². The van der Waals surface area contributed by atoms with Gasteiger partial charge in [0.2, 0.25) is 0 Å². The van der Waals surface area contributed by atoms with Crippen LogP contribution in [0.5, 0.6) is 0 Å². The molecule has 0 N–H and O–H groups in total. The third kappa shape index (κ3) is 2.29. The highest BCUT2D eigenvalue weighted by molar-refractivity contribution is 6.68. The van der Waals surface area contributed by atoms with Crippen LogP contribution < -0.4 is 0 Å². The van der Waals surface area contributed by atoms with Crippen molar-refractivity contribution in [3.05, 3.63) is 0 Å². The van der Waals surface area contributed by atoms with Gasteiger partial charge in [0.1, 0.15) is 0 Å². The lowest BCUT2D eigenvalue weighted by atomic mass is 10.4. The molecule has 0 amide bonds. The van der Waals surface area contributed by atoms with Crippen LogP contribution in [-0.2, 0) is 8.85 Å². The Labute approximate surface area is 69.2 Å². The number of nitrogens with zero attached hydrogens (tertiary/aromatic N) is 1. The maximum absolute atomic E-state index is 8.75. The van der Waals surface area contributed by atoms with Crippen molar-refractivity contribution in [1.29, 1.82) is 5.26 Å². The number of hydrogen-bond acceptors (Lipinski definition) is 3. The van der Waals surface area contributed by atoms with Crippen LogP contribution in [0.4, 0.5) is 0 Å². The smallest absolute Gasteiger partial charge is 0.352 e. The highest BCUT2D eigenvalue weighted by Gasteiger charge is 2.38. The Morgan fingerprint density at radius 2 is 1.91 bits per heavy atom.